The molecule has 1 aromatic rings. The lowest BCUT2D eigenvalue weighted by molar-refractivity contribution is 0.0407. The molecule has 1 aliphatic rings. The molecule has 0 radical (unpaired) electrons. The van der Waals surface area contributed by atoms with E-state index in [1.807, 2.05) is 0 Å². The highest BCUT2D eigenvalue weighted by Crippen LogP contribution is 2.36. The molecular formula is C12H17ClFNO2. The molecule has 3 nitrogen and oxygen atoms in total. The van der Waals surface area contributed by atoms with Crippen LogP contribution in [-0.4, -0.2) is 16.3 Å². The van der Waals surface area contributed by atoms with Crippen LogP contribution in [0, 0.1) is 11.7 Å². The van der Waals surface area contributed by atoms with E-state index in [0.29, 0.717) is 0 Å². The van der Waals surface area contributed by atoms with Crippen LogP contribution in [0.1, 0.15) is 30.9 Å². The zero-order valence-corrected chi connectivity index (χ0v) is 10.2. The number of phenols is 1. The molecule has 0 amide bonds. The molecule has 0 bridgehead atoms. The van der Waals surface area contributed by atoms with Gasteiger partial charge in [-0.1, -0.05) is 6.42 Å². The van der Waals surface area contributed by atoms with Crippen molar-refractivity contribution in [3.8, 4) is 5.75 Å². The van der Waals surface area contributed by atoms with Crippen molar-refractivity contribution in [2.24, 2.45) is 11.7 Å². The fourth-order valence-corrected chi connectivity index (χ4v) is 2.05. The van der Waals surface area contributed by atoms with Crippen LogP contribution >= 0.6 is 12.4 Å². The molecule has 17 heavy (non-hydrogen) atoms. The van der Waals surface area contributed by atoms with Gasteiger partial charge in [0.15, 0.2) is 0 Å². The van der Waals surface area contributed by atoms with E-state index in [1.54, 1.807) is 0 Å². The van der Waals surface area contributed by atoms with Crippen LogP contribution in [0.4, 0.5) is 4.39 Å². The highest BCUT2D eigenvalue weighted by Gasteiger charge is 2.31. The standard InChI is InChI=1S/C12H16FNO2.ClH/c13-8-4-5-10(15)9(6-8)11(14)12(16)7-2-1-3-7;/h4-7,11-12,15-16H,1-3,14H2;1H/t11-,12+;/m1./s1. The van der Waals surface area contributed by atoms with Gasteiger partial charge in [0.1, 0.15) is 11.6 Å². The van der Waals surface area contributed by atoms with E-state index in [9.17, 15) is 14.6 Å². The van der Waals surface area contributed by atoms with Gasteiger partial charge in [0.25, 0.3) is 0 Å². The normalized spacial score (nSPS) is 19.0. The summed E-state index contributed by atoms with van der Waals surface area (Å²) < 4.78 is 13.0. The molecule has 5 heteroatoms. The fraction of sp³-hybridized carbons (Fsp3) is 0.500. The Morgan fingerprint density at radius 1 is 1.35 bits per heavy atom. The molecule has 0 heterocycles. The van der Waals surface area contributed by atoms with Gasteiger partial charge >= 0.3 is 0 Å². The van der Waals surface area contributed by atoms with Gasteiger partial charge in [-0.3, -0.25) is 0 Å². The number of rotatable bonds is 3. The molecule has 96 valence electrons. The largest absolute Gasteiger partial charge is 0.508 e. The summed E-state index contributed by atoms with van der Waals surface area (Å²) in [6.45, 7) is 0. The second kappa shape index (κ2) is 5.67. The van der Waals surface area contributed by atoms with Gasteiger partial charge in [-0.25, -0.2) is 4.39 Å². The second-order valence-electron chi connectivity index (χ2n) is 4.41. The molecule has 0 saturated heterocycles. The predicted octanol–water partition coefficient (Wildman–Crippen LogP) is 2.11. The Morgan fingerprint density at radius 2 is 2.00 bits per heavy atom. The first-order valence-electron chi connectivity index (χ1n) is 5.51. The predicted molar refractivity (Wildman–Crippen MR) is 65.6 cm³/mol. The second-order valence-corrected chi connectivity index (χ2v) is 4.41. The van der Waals surface area contributed by atoms with Crippen LogP contribution in [0.2, 0.25) is 0 Å². The first kappa shape index (κ1) is 14.2. The van der Waals surface area contributed by atoms with Crippen molar-refractivity contribution >= 4 is 12.4 Å². The fourth-order valence-electron chi connectivity index (χ4n) is 2.05. The monoisotopic (exact) mass is 261 g/mol. The molecule has 0 aliphatic heterocycles. The van der Waals surface area contributed by atoms with E-state index in [0.717, 1.165) is 19.3 Å². The number of halogens is 2. The molecule has 0 aromatic heterocycles. The van der Waals surface area contributed by atoms with Crippen molar-refractivity contribution in [3.05, 3.63) is 29.6 Å². The van der Waals surface area contributed by atoms with Crippen molar-refractivity contribution in [2.75, 3.05) is 0 Å². The third kappa shape index (κ3) is 2.89. The molecule has 1 saturated carbocycles. The van der Waals surface area contributed by atoms with Crippen molar-refractivity contribution in [1.29, 1.82) is 0 Å². The minimum atomic E-state index is -0.721. The number of aliphatic hydroxyl groups excluding tert-OH is 1. The molecule has 2 atom stereocenters. The number of hydrogen-bond donors (Lipinski definition) is 3. The van der Waals surface area contributed by atoms with Crippen LogP contribution in [0.3, 0.4) is 0 Å². The summed E-state index contributed by atoms with van der Waals surface area (Å²) in [4.78, 5) is 0. The van der Waals surface area contributed by atoms with Gasteiger partial charge < -0.3 is 15.9 Å². The van der Waals surface area contributed by atoms with Crippen molar-refractivity contribution < 1.29 is 14.6 Å². The van der Waals surface area contributed by atoms with Crippen LogP contribution in [-0.2, 0) is 0 Å². The van der Waals surface area contributed by atoms with Gasteiger partial charge in [0.2, 0.25) is 0 Å². The van der Waals surface area contributed by atoms with Crippen molar-refractivity contribution in [3.63, 3.8) is 0 Å². The number of hydrogen-bond acceptors (Lipinski definition) is 3. The molecular weight excluding hydrogens is 245 g/mol. The third-order valence-electron chi connectivity index (χ3n) is 3.35. The van der Waals surface area contributed by atoms with E-state index in [-0.39, 0.29) is 29.6 Å². The van der Waals surface area contributed by atoms with Gasteiger partial charge in [-0.05, 0) is 37.0 Å². The molecule has 0 spiro atoms. The summed E-state index contributed by atoms with van der Waals surface area (Å²) in [5.41, 5.74) is 6.12. The van der Waals surface area contributed by atoms with E-state index >= 15 is 0 Å². The van der Waals surface area contributed by atoms with Crippen LogP contribution in [0.15, 0.2) is 18.2 Å². The highest BCUT2D eigenvalue weighted by molar-refractivity contribution is 5.85. The Balaban J connectivity index is 0.00000144. The molecule has 1 aliphatic carbocycles. The first-order chi connectivity index (χ1) is 7.59. The van der Waals surface area contributed by atoms with Crippen LogP contribution in [0.25, 0.3) is 0 Å². The molecule has 1 fully saturated rings. The number of aliphatic hydroxyl groups is 1. The Labute approximate surface area is 106 Å². The maximum atomic E-state index is 13.0. The van der Waals surface area contributed by atoms with Gasteiger partial charge in [0, 0.05) is 5.56 Å². The van der Waals surface area contributed by atoms with E-state index in [1.165, 1.54) is 18.2 Å². The zero-order valence-electron chi connectivity index (χ0n) is 9.34. The summed E-state index contributed by atoms with van der Waals surface area (Å²) in [6.07, 6.45) is 2.29. The maximum absolute atomic E-state index is 13.0. The minimum Gasteiger partial charge on any atom is -0.508 e. The summed E-state index contributed by atoms with van der Waals surface area (Å²) in [5.74, 6) is -0.339. The smallest absolute Gasteiger partial charge is 0.123 e. The molecule has 0 unspecified atom stereocenters. The molecule has 2 rings (SSSR count). The van der Waals surface area contributed by atoms with Gasteiger partial charge in [-0.2, -0.15) is 0 Å². The number of benzene rings is 1. The lowest BCUT2D eigenvalue weighted by Crippen LogP contribution is -2.36. The van der Waals surface area contributed by atoms with E-state index in [2.05, 4.69) is 0 Å². The Bertz CT molecular complexity index is 385. The van der Waals surface area contributed by atoms with Crippen molar-refractivity contribution in [2.45, 2.75) is 31.4 Å². The Morgan fingerprint density at radius 3 is 2.53 bits per heavy atom. The lowest BCUT2D eigenvalue weighted by Gasteiger charge is -2.33. The maximum Gasteiger partial charge on any atom is 0.123 e. The van der Waals surface area contributed by atoms with E-state index < -0.39 is 18.0 Å². The zero-order chi connectivity index (χ0) is 11.7. The quantitative estimate of drug-likeness (QED) is 0.781. The number of aromatic hydroxyl groups is 1. The highest BCUT2D eigenvalue weighted by atomic mass is 35.5. The average Bonchev–Trinajstić information content (AvgIpc) is 2.18. The Kier molecular flexibility index (Phi) is 4.74. The average molecular weight is 262 g/mol. The van der Waals surface area contributed by atoms with Crippen LogP contribution < -0.4 is 5.73 Å². The lowest BCUT2D eigenvalue weighted by atomic mass is 9.77. The number of nitrogens with two attached hydrogens (primary N) is 1. The SMILES string of the molecule is Cl.N[C@H](c1cc(F)ccc1O)[C@@H](O)C1CCC1. The number of phenolic OH excluding ortho intramolecular Hbond substituents is 1. The van der Waals surface area contributed by atoms with E-state index in [4.69, 9.17) is 5.73 Å². The summed E-state index contributed by atoms with van der Waals surface area (Å²) in [7, 11) is 0. The van der Waals surface area contributed by atoms with Gasteiger partial charge in [-0.15, -0.1) is 12.4 Å². The summed E-state index contributed by atoms with van der Waals surface area (Å²) in [5, 5.41) is 19.5. The molecule has 4 N–H and O–H groups in total. The third-order valence-corrected chi connectivity index (χ3v) is 3.35. The Hall–Kier alpha value is -0.840. The van der Waals surface area contributed by atoms with Crippen molar-refractivity contribution in [1.82, 2.24) is 0 Å². The summed E-state index contributed by atoms with van der Waals surface area (Å²) >= 11 is 0. The minimum absolute atomic E-state index is 0. The van der Waals surface area contributed by atoms with Gasteiger partial charge in [0.05, 0.1) is 12.1 Å². The summed E-state index contributed by atoms with van der Waals surface area (Å²) in [6, 6.07) is 2.89. The molecule has 1 aromatic carbocycles. The topological polar surface area (TPSA) is 66.5 Å². The van der Waals surface area contributed by atoms with Crippen LogP contribution in [0.5, 0.6) is 5.75 Å². The first-order valence-corrected chi connectivity index (χ1v) is 5.51.